The number of nitrogens with zero attached hydrogens (tertiary/aromatic N) is 1. The first-order valence-electron chi connectivity index (χ1n) is 5.29. The predicted molar refractivity (Wildman–Crippen MR) is 59.0 cm³/mol. The molecule has 0 aromatic heterocycles. The van der Waals surface area contributed by atoms with Gasteiger partial charge in [0.1, 0.15) is 0 Å². The van der Waals surface area contributed by atoms with Gasteiger partial charge in [-0.15, -0.1) is 0 Å². The van der Waals surface area contributed by atoms with E-state index < -0.39 is 0 Å². The van der Waals surface area contributed by atoms with Crippen molar-refractivity contribution in [2.75, 3.05) is 31.6 Å². The Labute approximate surface area is 85.2 Å². The van der Waals surface area contributed by atoms with Gasteiger partial charge in [-0.25, -0.2) is 0 Å². The van der Waals surface area contributed by atoms with Gasteiger partial charge in [0.15, 0.2) is 0 Å². The second-order valence-corrected chi connectivity index (χ2v) is 5.62. The third-order valence-electron chi connectivity index (χ3n) is 3.52. The quantitative estimate of drug-likeness (QED) is 0.685. The highest BCUT2D eigenvalue weighted by atomic mass is 32.2. The van der Waals surface area contributed by atoms with E-state index in [1.165, 1.54) is 30.9 Å². The molecule has 2 fully saturated rings. The van der Waals surface area contributed by atoms with E-state index in [-0.39, 0.29) is 0 Å². The Kier molecular flexibility index (Phi) is 3.17. The molecule has 0 aliphatic carbocycles. The fourth-order valence-electron chi connectivity index (χ4n) is 2.81. The fraction of sp³-hybridized carbons (Fsp3) is 1.00. The molecule has 2 aliphatic heterocycles. The molecule has 13 heavy (non-hydrogen) atoms. The summed E-state index contributed by atoms with van der Waals surface area (Å²) in [7, 11) is 2.27. The molecule has 0 spiro atoms. The van der Waals surface area contributed by atoms with Crippen LogP contribution in [0.3, 0.4) is 0 Å². The molecule has 0 aromatic carbocycles. The maximum atomic E-state index is 5.75. The van der Waals surface area contributed by atoms with Gasteiger partial charge >= 0.3 is 0 Å². The van der Waals surface area contributed by atoms with Gasteiger partial charge in [0, 0.05) is 12.6 Å². The van der Waals surface area contributed by atoms with Crippen LogP contribution < -0.4 is 5.73 Å². The Morgan fingerprint density at radius 3 is 3.15 bits per heavy atom. The number of fused-ring (bicyclic) bond motifs is 1. The standard InChI is InChI=1S/C10H20N2S/c1-12-6-8(5-11)4-9-7-13-3-2-10(9)12/h8-10H,2-7,11H2,1H3. The van der Waals surface area contributed by atoms with Crippen LogP contribution >= 0.6 is 11.8 Å². The van der Waals surface area contributed by atoms with Crippen molar-refractivity contribution in [3.8, 4) is 0 Å². The van der Waals surface area contributed by atoms with E-state index in [9.17, 15) is 0 Å². The van der Waals surface area contributed by atoms with Gasteiger partial charge in [-0.05, 0) is 49.8 Å². The summed E-state index contributed by atoms with van der Waals surface area (Å²) in [6, 6.07) is 0.865. The average Bonchev–Trinajstić information content (AvgIpc) is 2.18. The maximum Gasteiger partial charge on any atom is 0.0136 e. The number of piperidine rings is 1. The minimum Gasteiger partial charge on any atom is -0.330 e. The van der Waals surface area contributed by atoms with Gasteiger partial charge < -0.3 is 10.6 Å². The summed E-state index contributed by atoms with van der Waals surface area (Å²) in [6.07, 6.45) is 2.77. The molecule has 2 rings (SSSR count). The van der Waals surface area contributed by atoms with Gasteiger partial charge in [0.25, 0.3) is 0 Å². The van der Waals surface area contributed by atoms with Crippen molar-refractivity contribution in [2.24, 2.45) is 17.6 Å². The molecule has 0 bridgehead atoms. The van der Waals surface area contributed by atoms with E-state index in [0.29, 0.717) is 0 Å². The summed E-state index contributed by atoms with van der Waals surface area (Å²) < 4.78 is 0. The molecule has 0 radical (unpaired) electrons. The molecule has 2 aliphatic rings. The molecule has 2 saturated heterocycles. The molecule has 0 amide bonds. The summed E-state index contributed by atoms with van der Waals surface area (Å²) in [5.41, 5.74) is 5.75. The van der Waals surface area contributed by atoms with Crippen LogP contribution in [-0.2, 0) is 0 Å². The number of nitrogens with two attached hydrogens (primary N) is 1. The lowest BCUT2D eigenvalue weighted by Crippen LogP contribution is -2.50. The van der Waals surface area contributed by atoms with Crippen molar-refractivity contribution in [3.05, 3.63) is 0 Å². The van der Waals surface area contributed by atoms with Crippen molar-refractivity contribution >= 4 is 11.8 Å². The Balaban J connectivity index is 1.99. The summed E-state index contributed by atoms with van der Waals surface area (Å²) >= 11 is 2.13. The average molecular weight is 200 g/mol. The number of rotatable bonds is 1. The van der Waals surface area contributed by atoms with Gasteiger partial charge in [0.2, 0.25) is 0 Å². The third kappa shape index (κ3) is 2.03. The maximum absolute atomic E-state index is 5.75. The Morgan fingerprint density at radius 2 is 2.38 bits per heavy atom. The largest absolute Gasteiger partial charge is 0.330 e. The van der Waals surface area contributed by atoms with Crippen molar-refractivity contribution in [1.82, 2.24) is 4.90 Å². The molecule has 3 heteroatoms. The number of hydrogen-bond acceptors (Lipinski definition) is 3. The number of thioether (sulfide) groups is 1. The minimum absolute atomic E-state index is 0.755. The molecule has 76 valence electrons. The van der Waals surface area contributed by atoms with Crippen LogP contribution in [0, 0.1) is 11.8 Å². The van der Waals surface area contributed by atoms with E-state index in [2.05, 4.69) is 23.7 Å². The predicted octanol–water partition coefficient (Wildman–Crippen LogP) is 1.02. The van der Waals surface area contributed by atoms with Crippen molar-refractivity contribution < 1.29 is 0 Å². The normalized spacial score (nSPS) is 41.5. The lowest BCUT2D eigenvalue weighted by molar-refractivity contribution is 0.0875. The lowest BCUT2D eigenvalue weighted by atomic mass is 9.83. The van der Waals surface area contributed by atoms with Crippen molar-refractivity contribution in [3.63, 3.8) is 0 Å². The highest BCUT2D eigenvalue weighted by Gasteiger charge is 2.35. The second-order valence-electron chi connectivity index (χ2n) is 4.47. The third-order valence-corrected chi connectivity index (χ3v) is 4.70. The van der Waals surface area contributed by atoms with Gasteiger partial charge in [-0.3, -0.25) is 0 Å². The number of hydrogen-bond donors (Lipinski definition) is 1. The first-order valence-corrected chi connectivity index (χ1v) is 6.44. The molecule has 2 nitrogen and oxygen atoms in total. The zero-order chi connectivity index (χ0) is 9.26. The summed E-state index contributed by atoms with van der Waals surface area (Å²) in [5, 5.41) is 0. The molecular weight excluding hydrogens is 180 g/mol. The van der Waals surface area contributed by atoms with Crippen LogP contribution in [-0.4, -0.2) is 42.6 Å². The van der Waals surface area contributed by atoms with E-state index in [0.717, 1.165) is 24.4 Å². The minimum atomic E-state index is 0.755. The molecule has 0 aromatic rings. The highest BCUT2D eigenvalue weighted by molar-refractivity contribution is 7.99. The molecule has 2 N–H and O–H groups in total. The molecular formula is C10H20N2S. The topological polar surface area (TPSA) is 29.3 Å². The van der Waals surface area contributed by atoms with Crippen molar-refractivity contribution in [1.29, 1.82) is 0 Å². The first-order chi connectivity index (χ1) is 6.31. The monoisotopic (exact) mass is 200 g/mol. The van der Waals surface area contributed by atoms with Gasteiger partial charge in [-0.1, -0.05) is 0 Å². The highest BCUT2D eigenvalue weighted by Crippen LogP contribution is 2.34. The Morgan fingerprint density at radius 1 is 1.54 bits per heavy atom. The zero-order valence-corrected chi connectivity index (χ0v) is 9.22. The van der Waals surface area contributed by atoms with Crippen LogP contribution in [0.2, 0.25) is 0 Å². The summed E-state index contributed by atoms with van der Waals surface area (Å²) in [6.45, 7) is 2.10. The van der Waals surface area contributed by atoms with Crippen LogP contribution in [0.15, 0.2) is 0 Å². The fourth-order valence-corrected chi connectivity index (χ4v) is 4.04. The van der Waals surface area contributed by atoms with Gasteiger partial charge in [0.05, 0.1) is 0 Å². The Bertz CT molecular complexity index is 174. The SMILES string of the molecule is CN1CC(CN)CC2CSCCC21. The first kappa shape index (κ1) is 9.81. The second kappa shape index (κ2) is 4.20. The van der Waals surface area contributed by atoms with E-state index in [1.807, 2.05) is 0 Å². The summed E-state index contributed by atoms with van der Waals surface area (Å²) in [4.78, 5) is 2.55. The van der Waals surface area contributed by atoms with E-state index >= 15 is 0 Å². The number of likely N-dealkylation sites (tertiary alicyclic amines) is 1. The zero-order valence-electron chi connectivity index (χ0n) is 8.41. The van der Waals surface area contributed by atoms with Crippen molar-refractivity contribution in [2.45, 2.75) is 18.9 Å². The summed E-state index contributed by atoms with van der Waals surface area (Å²) in [5.74, 6) is 4.40. The van der Waals surface area contributed by atoms with E-state index in [4.69, 9.17) is 5.73 Å². The van der Waals surface area contributed by atoms with Crippen LogP contribution in [0.5, 0.6) is 0 Å². The molecule has 3 unspecified atom stereocenters. The smallest absolute Gasteiger partial charge is 0.0136 e. The molecule has 0 saturated carbocycles. The van der Waals surface area contributed by atoms with Gasteiger partial charge in [-0.2, -0.15) is 11.8 Å². The molecule has 2 heterocycles. The molecule has 3 atom stereocenters. The lowest BCUT2D eigenvalue weighted by Gasteiger charge is -2.45. The Hall–Kier alpha value is 0.270. The van der Waals surface area contributed by atoms with E-state index in [1.54, 1.807) is 0 Å². The van der Waals surface area contributed by atoms with Crippen LogP contribution in [0.4, 0.5) is 0 Å². The van der Waals surface area contributed by atoms with Crippen LogP contribution in [0.1, 0.15) is 12.8 Å². The van der Waals surface area contributed by atoms with Crippen LogP contribution in [0.25, 0.3) is 0 Å².